The lowest BCUT2D eigenvalue weighted by molar-refractivity contribution is -0.119. The van der Waals surface area contributed by atoms with Crippen molar-refractivity contribution in [2.75, 3.05) is 5.75 Å². The Morgan fingerprint density at radius 2 is 1.83 bits per heavy atom. The van der Waals surface area contributed by atoms with Crippen LogP contribution in [0.3, 0.4) is 0 Å². The Balaban J connectivity index is 1.41. The topological polar surface area (TPSA) is 77.2 Å². The average Bonchev–Trinajstić information content (AvgIpc) is 2.99. The van der Waals surface area contributed by atoms with Gasteiger partial charge in [-0.05, 0) is 36.0 Å². The predicted molar refractivity (Wildman–Crippen MR) is 114 cm³/mol. The predicted octanol–water partition coefficient (Wildman–Crippen LogP) is 4.88. The smallest absolute Gasteiger partial charge is 0.277 e. The van der Waals surface area contributed by atoms with Crippen molar-refractivity contribution in [3.05, 3.63) is 35.7 Å². The van der Waals surface area contributed by atoms with Crippen molar-refractivity contribution >= 4 is 17.7 Å². The van der Waals surface area contributed by atoms with Gasteiger partial charge >= 0.3 is 0 Å². The summed E-state index contributed by atoms with van der Waals surface area (Å²) in [5.74, 6) is 1.47. The molecule has 0 aliphatic heterocycles. The van der Waals surface area contributed by atoms with E-state index in [0.29, 0.717) is 17.2 Å². The number of hydrogen-bond acceptors (Lipinski definition) is 6. The minimum absolute atomic E-state index is 0.0249. The maximum absolute atomic E-state index is 12.2. The van der Waals surface area contributed by atoms with Gasteiger partial charge in [0.15, 0.2) is 6.61 Å². The number of rotatable bonds is 7. The molecule has 1 fully saturated rings. The van der Waals surface area contributed by atoms with Gasteiger partial charge in [0.2, 0.25) is 5.91 Å². The fourth-order valence-corrected chi connectivity index (χ4v) is 3.96. The lowest BCUT2D eigenvalue weighted by Gasteiger charge is -2.19. The molecule has 158 valence electrons. The molecule has 29 heavy (non-hydrogen) atoms. The van der Waals surface area contributed by atoms with E-state index in [-0.39, 0.29) is 23.7 Å². The molecular formula is C22H31N3O3S. The molecule has 6 nitrogen and oxygen atoms in total. The zero-order valence-electron chi connectivity index (χ0n) is 17.6. The summed E-state index contributed by atoms with van der Waals surface area (Å²) in [4.78, 5) is 12.2. The molecular weight excluding hydrogens is 386 g/mol. The van der Waals surface area contributed by atoms with Crippen LogP contribution in [-0.2, 0) is 16.8 Å². The number of ether oxygens (including phenoxy) is 1. The fourth-order valence-electron chi connectivity index (χ4n) is 3.37. The first-order valence-corrected chi connectivity index (χ1v) is 11.4. The second-order valence-corrected chi connectivity index (χ2v) is 9.50. The zero-order chi connectivity index (χ0) is 20.7. The van der Waals surface area contributed by atoms with Crippen LogP contribution >= 0.6 is 11.8 Å². The van der Waals surface area contributed by atoms with Crippen LogP contribution in [-0.4, -0.2) is 27.9 Å². The van der Waals surface area contributed by atoms with E-state index in [2.05, 4.69) is 48.4 Å². The van der Waals surface area contributed by atoms with Crippen LogP contribution in [0.4, 0.5) is 0 Å². The maximum atomic E-state index is 12.2. The van der Waals surface area contributed by atoms with Crippen LogP contribution in [0.5, 0.6) is 5.75 Å². The molecule has 1 aliphatic carbocycles. The summed E-state index contributed by atoms with van der Waals surface area (Å²) in [5.41, 5.74) is 1.36. The first-order chi connectivity index (χ1) is 13.9. The Morgan fingerprint density at radius 3 is 2.48 bits per heavy atom. The molecule has 1 aromatic heterocycles. The van der Waals surface area contributed by atoms with E-state index in [0.717, 1.165) is 18.6 Å². The van der Waals surface area contributed by atoms with E-state index < -0.39 is 0 Å². The van der Waals surface area contributed by atoms with Gasteiger partial charge < -0.3 is 14.5 Å². The normalized spacial score (nSPS) is 15.7. The summed E-state index contributed by atoms with van der Waals surface area (Å²) in [6.45, 7) is 6.74. The van der Waals surface area contributed by atoms with Crippen molar-refractivity contribution in [2.45, 2.75) is 82.6 Å². The third-order valence-electron chi connectivity index (χ3n) is 5.08. The number of carbonyl (C=O) groups excluding carboxylic acids is 1. The molecule has 1 aromatic carbocycles. The highest BCUT2D eigenvalue weighted by molar-refractivity contribution is 7.99. The van der Waals surface area contributed by atoms with E-state index in [1.165, 1.54) is 43.0 Å². The molecule has 0 radical (unpaired) electrons. The first kappa shape index (κ1) is 21.7. The molecule has 1 amide bonds. The summed E-state index contributed by atoms with van der Waals surface area (Å²) in [6.07, 6.45) is 7.10. The van der Waals surface area contributed by atoms with Gasteiger partial charge in [0, 0.05) is 6.04 Å². The number of carbonyl (C=O) groups is 1. The highest BCUT2D eigenvalue weighted by atomic mass is 32.2. The second kappa shape index (κ2) is 10.1. The average molecular weight is 418 g/mol. The van der Waals surface area contributed by atoms with E-state index in [9.17, 15) is 4.79 Å². The van der Waals surface area contributed by atoms with Gasteiger partial charge in [0.25, 0.3) is 11.1 Å². The van der Waals surface area contributed by atoms with Crippen molar-refractivity contribution in [3.8, 4) is 5.75 Å². The Hall–Kier alpha value is -2.02. The van der Waals surface area contributed by atoms with Crippen molar-refractivity contribution in [3.63, 3.8) is 0 Å². The zero-order valence-corrected chi connectivity index (χ0v) is 18.4. The number of nitrogens with one attached hydrogen (secondary N) is 1. The van der Waals surface area contributed by atoms with Gasteiger partial charge in [-0.3, -0.25) is 4.79 Å². The summed E-state index contributed by atoms with van der Waals surface area (Å²) >= 11 is 1.26. The van der Waals surface area contributed by atoms with Crippen LogP contribution in [0.2, 0.25) is 0 Å². The Labute approximate surface area is 177 Å². The molecule has 1 heterocycles. The molecule has 7 heteroatoms. The highest BCUT2D eigenvalue weighted by Crippen LogP contribution is 2.25. The van der Waals surface area contributed by atoms with Gasteiger partial charge in [-0.2, -0.15) is 0 Å². The highest BCUT2D eigenvalue weighted by Gasteiger charge is 2.16. The van der Waals surface area contributed by atoms with Gasteiger partial charge in [0.05, 0.1) is 5.75 Å². The SMILES string of the molecule is CC(C)(C)c1ccc(OCc2nnc(SCC(=O)NC3CCCCCC3)o2)cc1. The molecule has 2 aromatic rings. The molecule has 0 spiro atoms. The number of amides is 1. The number of thioether (sulfide) groups is 1. The van der Waals surface area contributed by atoms with E-state index in [1.807, 2.05) is 12.1 Å². The van der Waals surface area contributed by atoms with Gasteiger partial charge in [-0.25, -0.2) is 0 Å². The van der Waals surface area contributed by atoms with Crippen molar-refractivity contribution in [2.24, 2.45) is 0 Å². The lowest BCUT2D eigenvalue weighted by atomic mass is 9.87. The summed E-state index contributed by atoms with van der Waals surface area (Å²) in [6, 6.07) is 8.34. The standard InChI is InChI=1S/C22H31N3O3S/c1-22(2,3)16-10-12-18(13-11-16)27-14-20-24-25-21(28-20)29-15-19(26)23-17-8-6-4-5-7-9-17/h10-13,17H,4-9,14-15H2,1-3H3,(H,23,26). The van der Waals surface area contributed by atoms with E-state index >= 15 is 0 Å². The van der Waals surface area contributed by atoms with Gasteiger partial charge in [-0.1, -0.05) is 70.3 Å². The van der Waals surface area contributed by atoms with Gasteiger partial charge in [-0.15, -0.1) is 10.2 Å². The monoisotopic (exact) mass is 417 g/mol. The molecule has 1 aliphatic rings. The molecule has 1 N–H and O–H groups in total. The molecule has 3 rings (SSSR count). The molecule has 0 bridgehead atoms. The Morgan fingerprint density at radius 1 is 1.14 bits per heavy atom. The minimum Gasteiger partial charge on any atom is -0.484 e. The molecule has 0 saturated heterocycles. The molecule has 0 atom stereocenters. The van der Waals surface area contributed by atoms with Gasteiger partial charge in [0.1, 0.15) is 5.75 Å². The quantitative estimate of drug-likeness (QED) is 0.511. The van der Waals surface area contributed by atoms with Crippen molar-refractivity contribution < 1.29 is 13.9 Å². The summed E-state index contributed by atoms with van der Waals surface area (Å²) in [7, 11) is 0. The number of hydrogen-bond donors (Lipinski definition) is 1. The summed E-state index contributed by atoms with van der Waals surface area (Å²) < 4.78 is 11.3. The number of benzene rings is 1. The van der Waals surface area contributed by atoms with Crippen molar-refractivity contribution in [1.82, 2.24) is 15.5 Å². The maximum Gasteiger partial charge on any atom is 0.277 e. The largest absolute Gasteiger partial charge is 0.484 e. The van der Waals surface area contributed by atoms with Crippen molar-refractivity contribution in [1.29, 1.82) is 0 Å². The molecule has 1 saturated carbocycles. The number of aromatic nitrogens is 2. The van der Waals surface area contributed by atoms with E-state index in [1.54, 1.807) is 0 Å². The number of nitrogens with zero attached hydrogens (tertiary/aromatic N) is 2. The summed E-state index contributed by atoms with van der Waals surface area (Å²) in [5, 5.41) is 11.5. The second-order valence-electron chi connectivity index (χ2n) is 8.57. The van der Waals surface area contributed by atoms with Crippen LogP contribution in [0, 0.1) is 0 Å². The third kappa shape index (κ3) is 7.07. The first-order valence-electron chi connectivity index (χ1n) is 10.4. The minimum atomic E-state index is 0.0249. The third-order valence-corrected chi connectivity index (χ3v) is 5.90. The molecule has 0 unspecified atom stereocenters. The lowest BCUT2D eigenvalue weighted by Crippen LogP contribution is -2.35. The van der Waals surface area contributed by atoms with Crippen LogP contribution in [0.15, 0.2) is 33.9 Å². The fraction of sp³-hybridized carbons (Fsp3) is 0.591. The van der Waals surface area contributed by atoms with Crippen LogP contribution in [0.25, 0.3) is 0 Å². The Kier molecular flexibility index (Phi) is 7.58. The van der Waals surface area contributed by atoms with E-state index in [4.69, 9.17) is 9.15 Å². The van der Waals surface area contributed by atoms with Crippen LogP contribution < -0.4 is 10.1 Å². The van der Waals surface area contributed by atoms with Crippen LogP contribution in [0.1, 0.15) is 70.8 Å². The Bertz CT molecular complexity index is 775.